The van der Waals surface area contributed by atoms with E-state index in [-0.39, 0.29) is 24.9 Å². The molecule has 2 N–H and O–H groups in total. The van der Waals surface area contributed by atoms with Crippen LogP contribution in [0.25, 0.3) is 0 Å². The fourth-order valence-electron chi connectivity index (χ4n) is 2.44. The molecule has 5 heteroatoms. The summed E-state index contributed by atoms with van der Waals surface area (Å²) in [4.78, 5) is 15.7. The second-order valence-electron chi connectivity index (χ2n) is 5.44. The number of carbonyl (C=O) groups is 1. The van der Waals surface area contributed by atoms with Crippen molar-refractivity contribution in [1.29, 1.82) is 0 Å². The molecule has 1 aromatic heterocycles. The Kier molecular flexibility index (Phi) is 6.69. The molecule has 2 rings (SSSR count). The van der Waals surface area contributed by atoms with Crippen molar-refractivity contribution in [3.05, 3.63) is 65.7 Å². The SMILES string of the molecule is O=C(CCc1cncc(F)c1)NCC(CCO)c1ccccc1. The van der Waals surface area contributed by atoms with Gasteiger partial charge < -0.3 is 10.4 Å². The van der Waals surface area contributed by atoms with E-state index in [1.54, 1.807) is 6.20 Å². The Hall–Kier alpha value is -2.27. The van der Waals surface area contributed by atoms with Crippen molar-refractivity contribution in [2.45, 2.75) is 25.2 Å². The number of aromatic nitrogens is 1. The lowest BCUT2D eigenvalue weighted by Gasteiger charge is -2.17. The molecule has 1 aromatic carbocycles. The Morgan fingerprint density at radius 3 is 2.74 bits per heavy atom. The molecular formula is C18H21FN2O2. The van der Waals surface area contributed by atoms with Crippen LogP contribution in [0.1, 0.15) is 29.9 Å². The third kappa shape index (κ3) is 5.79. The molecule has 0 radical (unpaired) electrons. The number of amides is 1. The number of halogens is 1. The van der Waals surface area contributed by atoms with Gasteiger partial charge in [-0.3, -0.25) is 9.78 Å². The standard InChI is InChI=1S/C18H21FN2O2/c19-17-10-14(11-20-13-17)6-7-18(23)21-12-16(8-9-22)15-4-2-1-3-5-15/h1-5,10-11,13,16,22H,6-9,12H2,(H,21,23). The minimum absolute atomic E-state index is 0.0738. The second-order valence-corrected chi connectivity index (χ2v) is 5.44. The molecule has 1 unspecified atom stereocenters. The molecule has 0 fully saturated rings. The molecule has 0 aliphatic heterocycles. The number of benzene rings is 1. The van der Waals surface area contributed by atoms with Gasteiger partial charge in [-0.2, -0.15) is 0 Å². The highest BCUT2D eigenvalue weighted by Crippen LogP contribution is 2.18. The summed E-state index contributed by atoms with van der Waals surface area (Å²) in [5.74, 6) is -0.399. The molecule has 0 bridgehead atoms. The number of hydrogen-bond acceptors (Lipinski definition) is 3. The molecule has 0 saturated carbocycles. The van der Waals surface area contributed by atoms with Crippen molar-refractivity contribution in [3.8, 4) is 0 Å². The Morgan fingerprint density at radius 1 is 1.26 bits per heavy atom. The quantitative estimate of drug-likeness (QED) is 0.786. The number of carbonyl (C=O) groups excluding carboxylic acids is 1. The van der Waals surface area contributed by atoms with E-state index in [2.05, 4.69) is 10.3 Å². The number of nitrogens with one attached hydrogen (secondary N) is 1. The molecular weight excluding hydrogens is 295 g/mol. The fraction of sp³-hybridized carbons (Fsp3) is 0.333. The number of aliphatic hydroxyl groups is 1. The number of aliphatic hydroxyl groups excluding tert-OH is 1. The molecule has 1 atom stereocenters. The van der Waals surface area contributed by atoms with Gasteiger partial charge >= 0.3 is 0 Å². The maximum Gasteiger partial charge on any atom is 0.220 e. The summed E-state index contributed by atoms with van der Waals surface area (Å²) in [5.41, 5.74) is 1.80. The molecule has 122 valence electrons. The van der Waals surface area contributed by atoms with Gasteiger partial charge in [0.05, 0.1) is 6.20 Å². The Bertz CT molecular complexity index is 619. The molecule has 0 spiro atoms. The predicted octanol–water partition coefficient (Wildman–Crippen LogP) is 2.44. The number of pyridine rings is 1. The number of aryl methyl sites for hydroxylation is 1. The lowest BCUT2D eigenvalue weighted by atomic mass is 9.96. The third-order valence-electron chi connectivity index (χ3n) is 3.70. The largest absolute Gasteiger partial charge is 0.396 e. The molecule has 0 saturated heterocycles. The molecule has 4 nitrogen and oxygen atoms in total. The van der Waals surface area contributed by atoms with E-state index < -0.39 is 5.82 Å². The van der Waals surface area contributed by atoms with E-state index in [0.29, 0.717) is 24.9 Å². The summed E-state index contributed by atoms with van der Waals surface area (Å²) < 4.78 is 13.0. The van der Waals surface area contributed by atoms with Crippen molar-refractivity contribution in [3.63, 3.8) is 0 Å². The highest BCUT2D eigenvalue weighted by molar-refractivity contribution is 5.76. The lowest BCUT2D eigenvalue weighted by Crippen LogP contribution is -2.29. The topological polar surface area (TPSA) is 62.2 Å². The van der Waals surface area contributed by atoms with Crippen LogP contribution in [0, 0.1) is 5.82 Å². The summed E-state index contributed by atoms with van der Waals surface area (Å²) in [6.45, 7) is 0.551. The highest BCUT2D eigenvalue weighted by atomic mass is 19.1. The van der Waals surface area contributed by atoms with E-state index >= 15 is 0 Å². The average molecular weight is 316 g/mol. The zero-order chi connectivity index (χ0) is 16.5. The molecule has 0 aliphatic carbocycles. The predicted molar refractivity (Wildman–Crippen MR) is 86.4 cm³/mol. The van der Waals surface area contributed by atoms with Gasteiger partial charge in [-0.05, 0) is 30.0 Å². The first kappa shape index (κ1) is 17.1. The summed E-state index contributed by atoms with van der Waals surface area (Å²) in [7, 11) is 0. The number of rotatable bonds is 8. The van der Waals surface area contributed by atoms with Gasteiger partial charge in [0.25, 0.3) is 0 Å². The van der Waals surface area contributed by atoms with Gasteiger partial charge in [0.15, 0.2) is 0 Å². The molecule has 1 heterocycles. The van der Waals surface area contributed by atoms with Crippen molar-refractivity contribution < 1.29 is 14.3 Å². The minimum atomic E-state index is -0.394. The first-order valence-corrected chi connectivity index (χ1v) is 7.71. The van der Waals surface area contributed by atoms with Gasteiger partial charge in [-0.15, -0.1) is 0 Å². The maximum atomic E-state index is 13.0. The van der Waals surface area contributed by atoms with Gasteiger partial charge in [0.1, 0.15) is 5.82 Å². The van der Waals surface area contributed by atoms with Crippen LogP contribution in [-0.2, 0) is 11.2 Å². The lowest BCUT2D eigenvalue weighted by molar-refractivity contribution is -0.121. The first-order valence-electron chi connectivity index (χ1n) is 7.71. The second kappa shape index (κ2) is 9.00. The fourth-order valence-corrected chi connectivity index (χ4v) is 2.44. The summed E-state index contributed by atoms with van der Waals surface area (Å²) in [6.07, 6.45) is 4.04. The van der Waals surface area contributed by atoms with Crippen LogP contribution in [0.5, 0.6) is 0 Å². The van der Waals surface area contributed by atoms with Crippen LogP contribution in [0.4, 0.5) is 4.39 Å². The van der Waals surface area contributed by atoms with E-state index in [4.69, 9.17) is 0 Å². The van der Waals surface area contributed by atoms with Crippen molar-refractivity contribution in [2.75, 3.05) is 13.2 Å². The zero-order valence-electron chi connectivity index (χ0n) is 12.9. The number of hydrogen-bond donors (Lipinski definition) is 2. The Labute approximate surface area is 135 Å². The van der Waals surface area contributed by atoms with Crippen LogP contribution in [-0.4, -0.2) is 29.1 Å². The van der Waals surface area contributed by atoms with Crippen LogP contribution in [0.3, 0.4) is 0 Å². The van der Waals surface area contributed by atoms with Crippen molar-refractivity contribution >= 4 is 5.91 Å². The Balaban J connectivity index is 1.82. The normalized spacial score (nSPS) is 11.9. The highest BCUT2D eigenvalue weighted by Gasteiger charge is 2.12. The monoisotopic (exact) mass is 316 g/mol. The van der Waals surface area contributed by atoms with E-state index in [1.807, 2.05) is 30.3 Å². The van der Waals surface area contributed by atoms with Crippen LogP contribution in [0.15, 0.2) is 48.8 Å². The molecule has 1 amide bonds. The van der Waals surface area contributed by atoms with Crippen LogP contribution < -0.4 is 5.32 Å². The summed E-state index contributed by atoms with van der Waals surface area (Å²) >= 11 is 0. The van der Waals surface area contributed by atoms with Crippen molar-refractivity contribution in [2.24, 2.45) is 0 Å². The minimum Gasteiger partial charge on any atom is -0.396 e. The van der Waals surface area contributed by atoms with E-state index in [9.17, 15) is 14.3 Å². The summed E-state index contributed by atoms with van der Waals surface area (Å²) in [5, 5.41) is 12.1. The van der Waals surface area contributed by atoms with E-state index in [1.165, 1.54) is 6.07 Å². The maximum absolute atomic E-state index is 13.0. The number of nitrogens with zero attached hydrogens (tertiary/aromatic N) is 1. The van der Waals surface area contributed by atoms with Gasteiger partial charge in [0.2, 0.25) is 5.91 Å². The Morgan fingerprint density at radius 2 is 2.04 bits per heavy atom. The summed E-state index contributed by atoms with van der Waals surface area (Å²) in [6, 6.07) is 11.2. The van der Waals surface area contributed by atoms with E-state index in [0.717, 1.165) is 11.8 Å². The molecule has 23 heavy (non-hydrogen) atoms. The van der Waals surface area contributed by atoms with Gasteiger partial charge in [0, 0.05) is 31.7 Å². The van der Waals surface area contributed by atoms with Crippen LogP contribution >= 0.6 is 0 Å². The van der Waals surface area contributed by atoms with Crippen LogP contribution in [0.2, 0.25) is 0 Å². The van der Waals surface area contributed by atoms with Gasteiger partial charge in [-0.25, -0.2) is 4.39 Å². The average Bonchev–Trinajstić information content (AvgIpc) is 2.57. The van der Waals surface area contributed by atoms with Crippen molar-refractivity contribution in [1.82, 2.24) is 10.3 Å². The first-order chi connectivity index (χ1) is 11.2. The third-order valence-corrected chi connectivity index (χ3v) is 3.70. The van der Waals surface area contributed by atoms with Gasteiger partial charge in [-0.1, -0.05) is 30.3 Å². The zero-order valence-corrected chi connectivity index (χ0v) is 12.9. The molecule has 2 aromatic rings. The smallest absolute Gasteiger partial charge is 0.220 e. The molecule has 0 aliphatic rings.